The minimum Gasteiger partial charge on any atom is -0.499 e. The fourth-order valence-electron chi connectivity index (χ4n) is 0.740. The van der Waals surface area contributed by atoms with E-state index in [1.807, 2.05) is 6.26 Å². The Labute approximate surface area is 81.9 Å². The molecule has 0 atom stereocenters. The highest BCUT2D eigenvalue weighted by molar-refractivity contribution is 4.90. The molecule has 0 spiro atoms. The molecule has 78 valence electrons. The van der Waals surface area contributed by atoms with E-state index in [1.54, 1.807) is 0 Å². The van der Waals surface area contributed by atoms with Crippen molar-refractivity contribution in [2.75, 3.05) is 19.8 Å². The van der Waals surface area contributed by atoms with Gasteiger partial charge in [-0.2, -0.15) is 0 Å². The molecule has 0 aromatic rings. The highest BCUT2D eigenvalue weighted by Crippen LogP contribution is 1.97. The lowest BCUT2D eigenvalue weighted by atomic mass is 10.3. The Morgan fingerprint density at radius 1 is 1.15 bits per heavy atom. The largest absolute Gasteiger partial charge is 0.499 e. The van der Waals surface area contributed by atoms with Gasteiger partial charge in [0.25, 0.3) is 0 Å². The zero-order chi connectivity index (χ0) is 9.94. The van der Waals surface area contributed by atoms with Gasteiger partial charge < -0.3 is 9.47 Å². The second kappa shape index (κ2) is 9.59. The van der Waals surface area contributed by atoms with Crippen LogP contribution in [0.25, 0.3) is 0 Å². The van der Waals surface area contributed by atoms with Crippen molar-refractivity contribution < 1.29 is 9.47 Å². The molecule has 0 aliphatic carbocycles. The number of allylic oxidation sites excluding steroid dienone is 1. The molecule has 0 amide bonds. The molecule has 0 saturated carbocycles. The Kier molecular flexibility index (Phi) is 9.22. The van der Waals surface area contributed by atoms with Crippen molar-refractivity contribution in [2.24, 2.45) is 0 Å². The second-order valence-corrected chi connectivity index (χ2v) is 3.15. The summed E-state index contributed by atoms with van der Waals surface area (Å²) in [7, 11) is 0. The lowest BCUT2D eigenvalue weighted by Gasteiger charge is -2.03. The maximum atomic E-state index is 5.34. The number of unbranched alkanes of at least 4 members (excludes halogenated alkanes) is 1. The Hall–Kier alpha value is -0.500. The summed E-state index contributed by atoms with van der Waals surface area (Å²) in [4.78, 5) is 0. The molecule has 0 bridgehead atoms. The van der Waals surface area contributed by atoms with Crippen LogP contribution in [0.4, 0.5) is 0 Å². The van der Waals surface area contributed by atoms with Gasteiger partial charge in [0.1, 0.15) is 6.61 Å². The van der Waals surface area contributed by atoms with Crippen LogP contribution in [-0.2, 0) is 9.47 Å². The van der Waals surface area contributed by atoms with Crippen LogP contribution in [0, 0.1) is 0 Å². The smallest absolute Gasteiger partial charge is 0.111 e. The summed E-state index contributed by atoms with van der Waals surface area (Å²) in [6.07, 6.45) is 5.21. The molecule has 0 N–H and O–H groups in total. The van der Waals surface area contributed by atoms with Gasteiger partial charge in [-0.3, -0.25) is 0 Å². The summed E-state index contributed by atoms with van der Waals surface area (Å²) in [6, 6.07) is 0. The number of rotatable bonds is 8. The second-order valence-electron chi connectivity index (χ2n) is 3.15. The van der Waals surface area contributed by atoms with E-state index in [-0.39, 0.29) is 0 Å². The summed E-state index contributed by atoms with van der Waals surface area (Å²) in [5.74, 6) is 0. The van der Waals surface area contributed by atoms with Crippen LogP contribution < -0.4 is 0 Å². The first-order valence-corrected chi connectivity index (χ1v) is 5.16. The Morgan fingerprint density at radius 2 is 1.92 bits per heavy atom. The molecule has 2 nitrogen and oxygen atoms in total. The van der Waals surface area contributed by atoms with Crippen LogP contribution in [0.1, 0.15) is 40.0 Å². The van der Waals surface area contributed by atoms with Crippen LogP contribution in [0.3, 0.4) is 0 Å². The van der Waals surface area contributed by atoms with E-state index in [1.165, 1.54) is 12.0 Å². The third-order valence-corrected chi connectivity index (χ3v) is 1.83. The average molecular weight is 186 g/mol. The molecule has 0 radical (unpaired) electrons. The highest BCUT2D eigenvalue weighted by Gasteiger charge is 1.88. The summed E-state index contributed by atoms with van der Waals surface area (Å²) in [5, 5.41) is 0. The molecule has 0 aliphatic rings. The summed E-state index contributed by atoms with van der Waals surface area (Å²) in [5.41, 5.74) is 1.27. The van der Waals surface area contributed by atoms with Crippen LogP contribution >= 0.6 is 0 Å². The molecule has 2 heteroatoms. The summed E-state index contributed by atoms with van der Waals surface area (Å²) in [6.45, 7) is 8.57. The summed E-state index contributed by atoms with van der Waals surface area (Å²) >= 11 is 0. The van der Waals surface area contributed by atoms with E-state index in [0.29, 0.717) is 13.2 Å². The van der Waals surface area contributed by atoms with E-state index in [4.69, 9.17) is 9.47 Å². The monoisotopic (exact) mass is 186 g/mol. The van der Waals surface area contributed by atoms with Crippen molar-refractivity contribution >= 4 is 0 Å². The first kappa shape index (κ1) is 12.5. The topological polar surface area (TPSA) is 18.5 Å². The summed E-state index contributed by atoms with van der Waals surface area (Å²) < 4.78 is 10.6. The molecule has 0 aromatic carbocycles. The molecule has 0 heterocycles. The third kappa shape index (κ3) is 9.41. The van der Waals surface area contributed by atoms with E-state index in [0.717, 1.165) is 19.4 Å². The maximum absolute atomic E-state index is 5.34. The van der Waals surface area contributed by atoms with Crippen molar-refractivity contribution in [2.45, 2.75) is 40.0 Å². The van der Waals surface area contributed by atoms with Gasteiger partial charge in [0.05, 0.1) is 12.9 Å². The van der Waals surface area contributed by atoms with Gasteiger partial charge in [-0.25, -0.2) is 0 Å². The van der Waals surface area contributed by atoms with Crippen LogP contribution in [0.2, 0.25) is 0 Å². The van der Waals surface area contributed by atoms with Gasteiger partial charge in [-0.1, -0.05) is 20.3 Å². The van der Waals surface area contributed by atoms with E-state index in [9.17, 15) is 0 Å². The van der Waals surface area contributed by atoms with Gasteiger partial charge in [0, 0.05) is 6.61 Å². The van der Waals surface area contributed by atoms with E-state index >= 15 is 0 Å². The van der Waals surface area contributed by atoms with Gasteiger partial charge in [0.15, 0.2) is 0 Å². The number of hydrogen-bond donors (Lipinski definition) is 0. The molecule has 13 heavy (non-hydrogen) atoms. The van der Waals surface area contributed by atoms with Gasteiger partial charge in [0.2, 0.25) is 0 Å². The molecule has 0 aliphatic heterocycles. The van der Waals surface area contributed by atoms with E-state index in [2.05, 4.69) is 20.8 Å². The van der Waals surface area contributed by atoms with Crippen LogP contribution in [0.5, 0.6) is 0 Å². The molecular weight excluding hydrogens is 164 g/mol. The Morgan fingerprint density at radius 3 is 2.54 bits per heavy atom. The molecular formula is C11H22O2. The van der Waals surface area contributed by atoms with E-state index < -0.39 is 0 Å². The zero-order valence-electron chi connectivity index (χ0n) is 9.14. The van der Waals surface area contributed by atoms with Gasteiger partial charge >= 0.3 is 0 Å². The van der Waals surface area contributed by atoms with Crippen molar-refractivity contribution in [1.82, 2.24) is 0 Å². The minimum atomic E-state index is 0.668. The number of ether oxygens (including phenoxy) is 2. The zero-order valence-corrected chi connectivity index (χ0v) is 9.14. The first-order valence-electron chi connectivity index (χ1n) is 5.16. The molecule has 0 fully saturated rings. The predicted molar refractivity (Wildman–Crippen MR) is 55.7 cm³/mol. The first-order chi connectivity index (χ1) is 6.31. The molecule has 0 aromatic heterocycles. The maximum Gasteiger partial charge on any atom is 0.111 e. The standard InChI is InChI=1S/C11H22O2/c1-4-6-7-12-8-9-13-10-11(3)5-2/h10H,4-9H2,1-3H3. The molecule has 0 unspecified atom stereocenters. The fraction of sp³-hybridized carbons (Fsp3) is 0.818. The third-order valence-electron chi connectivity index (χ3n) is 1.83. The normalized spacial score (nSPS) is 11.8. The lowest BCUT2D eigenvalue weighted by Crippen LogP contribution is -2.02. The van der Waals surface area contributed by atoms with Gasteiger partial charge in [-0.15, -0.1) is 0 Å². The number of hydrogen-bond acceptors (Lipinski definition) is 2. The minimum absolute atomic E-state index is 0.668. The van der Waals surface area contributed by atoms with Crippen LogP contribution in [0.15, 0.2) is 11.8 Å². The highest BCUT2D eigenvalue weighted by atomic mass is 16.5. The fourth-order valence-corrected chi connectivity index (χ4v) is 0.740. The SMILES string of the molecule is CCCCOCCOC=C(C)CC. The molecule has 0 rings (SSSR count). The molecule has 0 saturated heterocycles. The van der Waals surface area contributed by atoms with Crippen LogP contribution in [-0.4, -0.2) is 19.8 Å². The lowest BCUT2D eigenvalue weighted by molar-refractivity contribution is 0.0825. The van der Waals surface area contributed by atoms with Crippen molar-refractivity contribution in [3.8, 4) is 0 Å². The van der Waals surface area contributed by atoms with Crippen molar-refractivity contribution in [3.63, 3.8) is 0 Å². The predicted octanol–water partition coefficient (Wildman–Crippen LogP) is 3.13. The Bertz CT molecular complexity index is 130. The quantitative estimate of drug-likeness (QED) is 0.428. The average Bonchev–Trinajstić information content (AvgIpc) is 2.16. The Balaban J connectivity index is 3.08. The van der Waals surface area contributed by atoms with Gasteiger partial charge in [-0.05, 0) is 25.3 Å². The van der Waals surface area contributed by atoms with Crippen molar-refractivity contribution in [3.05, 3.63) is 11.8 Å². The van der Waals surface area contributed by atoms with Crippen molar-refractivity contribution in [1.29, 1.82) is 0 Å².